The SMILES string of the molecule is Cc1cc(C)c(OCC(=O)Nc2cnn(C3CCN(C(=O)c4ccc(-c5cccnc5)cc4)CC3)c2)c(C)c1. The highest BCUT2D eigenvalue weighted by molar-refractivity contribution is 5.95. The third kappa shape index (κ3) is 6.17. The van der Waals surface area contributed by atoms with E-state index in [4.69, 9.17) is 4.74 Å². The van der Waals surface area contributed by atoms with E-state index in [-0.39, 0.29) is 24.5 Å². The number of carbonyl (C=O) groups excluding carboxylic acids is 2. The fraction of sp³-hybridized carbons (Fsp3) is 0.290. The van der Waals surface area contributed by atoms with Gasteiger partial charge in [0.15, 0.2) is 6.61 Å². The van der Waals surface area contributed by atoms with Crippen molar-refractivity contribution in [3.05, 3.63) is 95.6 Å². The van der Waals surface area contributed by atoms with E-state index >= 15 is 0 Å². The summed E-state index contributed by atoms with van der Waals surface area (Å²) in [5, 5.41) is 7.34. The van der Waals surface area contributed by atoms with Gasteiger partial charge in [-0.05, 0) is 74.1 Å². The zero-order valence-electron chi connectivity index (χ0n) is 22.6. The van der Waals surface area contributed by atoms with Crippen molar-refractivity contribution in [2.24, 2.45) is 0 Å². The average molecular weight is 524 g/mol. The summed E-state index contributed by atoms with van der Waals surface area (Å²) in [6.45, 7) is 7.24. The summed E-state index contributed by atoms with van der Waals surface area (Å²) in [5.41, 5.74) is 6.57. The third-order valence-corrected chi connectivity index (χ3v) is 7.09. The molecule has 0 atom stereocenters. The van der Waals surface area contributed by atoms with Crippen LogP contribution in [0.15, 0.2) is 73.3 Å². The number of hydrogen-bond donors (Lipinski definition) is 1. The fourth-order valence-corrected chi connectivity index (χ4v) is 5.19. The van der Waals surface area contributed by atoms with Crippen LogP contribution in [0.5, 0.6) is 5.75 Å². The molecule has 39 heavy (non-hydrogen) atoms. The minimum absolute atomic E-state index is 0.0404. The number of aryl methyl sites for hydroxylation is 3. The maximum Gasteiger partial charge on any atom is 0.262 e. The van der Waals surface area contributed by atoms with Gasteiger partial charge in [0.2, 0.25) is 0 Å². The average Bonchev–Trinajstić information content (AvgIpc) is 3.41. The van der Waals surface area contributed by atoms with Crippen LogP contribution in [-0.4, -0.2) is 51.2 Å². The van der Waals surface area contributed by atoms with Gasteiger partial charge in [-0.3, -0.25) is 19.3 Å². The number of hydrogen-bond acceptors (Lipinski definition) is 5. The molecule has 200 valence electrons. The molecular weight excluding hydrogens is 490 g/mol. The van der Waals surface area contributed by atoms with Gasteiger partial charge in [-0.15, -0.1) is 0 Å². The lowest BCUT2D eigenvalue weighted by molar-refractivity contribution is -0.118. The Labute approximate surface area is 228 Å². The molecule has 5 rings (SSSR count). The van der Waals surface area contributed by atoms with E-state index in [9.17, 15) is 9.59 Å². The molecule has 1 N–H and O–H groups in total. The molecule has 0 spiro atoms. The summed E-state index contributed by atoms with van der Waals surface area (Å²) in [6, 6.07) is 15.8. The number of ether oxygens (including phenoxy) is 1. The molecule has 0 saturated carbocycles. The molecule has 0 unspecified atom stereocenters. The normalized spacial score (nSPS) is 13.8. The van der Waals surface area contributed by atoms with Crippen LogP contribution in [-0.2, 0) is 4.79 Å². The number of anilines is 1. The quantitative estimate of drug-likeness (QED) is 0.352. The zero-order chi connectivity index (χ0) is 27.4. The minimum atomic E-state index is -0.233. The predicted octanol–water partition coefficient (Wildman–Crippen LogP) is 5.37. The number of aromatic nitrogens is 3. The van der Waals surface area contributed by atoms with E-state index in [0.717, 1.165) is 40.8 Å². The molecule has 2 amide bonds. The van der Waals surface area contributed by atoms with Crippen LogP contribution in [0.2, 0.25) is 0 Å². The summed E-state index contributed by atoms with van der Waals surface area (Å²) in [4.78, 5) is 31.6. The van der Waals surface area contributed by atoms with Gasteiger partial charge in [0.05, 0.1) is 17.9 Å². The van der Waals surface area contributed by atoms with Crippen molar-refractivity contribution in [1.82, 2.24) is 19.7 Å². The molecule has 8 heteroatoms. The largest absolute Gasteiger partial charge is 0.483 e. The minimum Gasteiger partial charge on any atom is -0.483 e. The van der Waals surface area contributed by atoms with E-state index in [1.807, 2.05) is 91.3 Å². The van der Waals surface area contributed by atoms with Crippen molar-refractivity contribution in [2.75, 3.05) is 25.0 Å². The lowest BCUT2D eigenvalue weighted by Crippen LogP contribution is -2.39. The Kier molecular flexibility index (Phi) is 7.72. The molecule has 0 radical (unpaired) electrons. The predicted molar refractivity (Wildman–Crippen MR) is 151 cm³/mol. The Balaban J connectivity index is 1.11. The van der Waals surface area contributed by atoms with Gasteiger partial charge in [0, 0.05) is 37.2 Å². The van der Waals surface area contributed by atoms with Crippen LogP contribution in [0, 0.1) is 20.8 Å². The highest BCUT2D eigenvalue weighted by atomic mass is 16.5. The number of carbonyl (C=O) groups is 2. The number of benzene rings is 2. The highest BCUT2D eigenvalue weighted by Crippen LogP contribution is 2.26. The van der Waals surface area contributed by atoms with Gasteiger partial charge in [-0.1, -0.05) is 35.9 Å². The molecule has 1 aliphatic heterocycles. The summed E-state index contributed by atoms with van der Waals surface area (Å²) < 4.78 is 7.68. The van der Waals surface area contributed by atoms with Gasteiger partial charge in [-0.2, -0.15) is 5.10 Å². The molecule has 0 bridgehead atoms. The summed E-state index contributed by atoms with van der Waals surface area (Å²) in [6.07, 6.45) is 8.65. The van der Waals surface area contributed by atoms with Crippen molar-refractivity contribution < 1.29 is 14.3 Å². The van der Waals surface area contributed by atoms with Gasteiger partial charge in [-0.25, -0.2) is 0 Å². The van der Waals surface area contributed by atoms with E-state index < -0.39 is 0 Å². The molecule has 2 aromatic heterocycles. The fourth-order valence-electron chi connectivity index (χ4n) is 5.19. The van der Waals surface area contributed by atoms with E-state index in [1.165, 1.54) is 5.56 Å². The maximum atomic E-state index is 13.1. The van der Waals surface area contributed by atoms with Crippen molar-refractivity contribution in [3.8, 4) is 16.9 Å². The van der Waals surface area contributed by atoms with Crippen LogP contribution < -0.4 is 10.1 Å². The molecule has 3 heterocycles. The first-order valence-electron chi connectivity index (χ1n) is 13.2. The lowest BCUT2D eigenvalue weighted by atomic mass is 10.0. The van der Waals surface area contributed by atoms with Crippen LogP contribution in [0.25, 0.3) is 11.1 Å². The van der Waals surface area contributed by atoms with Crippen molar-refractivity contribution in [3.63, 3.8) is 0 Å². The van der Waals surface area contributed by atoms with Crippen LogP contribution in [0.4, 0.5) is 5.69 Å². The van der Waals surface area contributed by atoms with E-state index in [2.05, 4.69) is 15.4 Å². The highest BCUT2D eigenvalue weighted by Gasteiger charge is 2.25. The second kappa shape index (κ2) is 11.5. The van der Waals surface area contributed by atoms with Gasteiger partial charge in [0.25, 0.3) is 11.8 Å². The summed E-state index contributed by atoms with van der Waals surface area (Å²) in [7, 11) is 0. The standard InChI is InChI=1S/C31H33N5O3/c1-21-15-22(2)30(23(3)16-21)39-20-29(37)34-27-18-33-36(19-27)28-10-13-35(14-11-28)31(38)25-8-6-24(7-9-25)26-5-4-12-32-17-26/h4-9,12,15-19,28H,10-11,13-14,20H2,1-3H3,(H,34,37). The first-order valence-corrected chi connectivity index (χ1v) is 13.2. The topological polar surface area (TPSA) is 89.4 Å². The number of amides is 2. The number of pyridine rings is 1. The van der Waals surface area contributed by atoms with Crippen molar-refractivity contribution >= 4 is 17.5 Å². The summed E-state index contributed by atoms with van der Waals surface area (Å²) in [5.74, 6) is 0.555. The van der Waals surface area contributed by atoms with Crippen molar-refractivity contribution in [1.29, 1.82) is 0 Å². The number of nitrogens with one attached hydrogen (secondary N) is 1. The second-order valence-electron chi connectivity index (χ2n) is 10.1. The molecular formula is C31H33N5O3. The van der Waals surface area contributed by atoms with Crippen LogP contribution >= 0.6 is 0 Å². The molecule has 2 aromatic carbocycles. The first kappa shape index (κ1) is 26.2. The van der Waals surface area contributed by atoms with E-state index in [1.54, 1.807) is 12.4 Å². The zero-order valence-corrected chi connectivity index (χ0v) is 22.6. The maximum absolute atomic E-state index is 13.1. The van der Waals surface area contributed by atoms with Crippen LogP contribution in [0.3, 0.4) is 0 Å². The number of rotatable bonds is 7. The number of nitrogens with zero attached hydrogens (tertiary/aromatic N) is 4. The van der Waals surface area contributed by atoms with Gasteiger partial charge in [0.1, 0.15) is 5.75 Å². The lowest BCUT2D eigenvalue weighted by Gasteiger charge is -2.32. The molecule has 4 aromatic rings. The number of likely N-dealkylation sites (tertiary alicyclic amines) is 1. The molecule has 1 aliphatic rings. The third-order valence-electron chi connectivity index (χ3n) is 7.09. The Morgan fingerprint density at radius 1 is 0.974 bits per heavy atom. The Morgan fingerprint density at radius 2 is 1.69 bits per heavy atom. The molecule has 1 saturated heterocycles. The summed E-state index contributed by atoms with van der Waals surface area (Å²) >= 11 is 0. The first-order chi connectivity index (χ1) is 18.9. The molecule has 0 aliphatic carbocycles. The number of piperidine rings is 1. The Hall–Kier alpha value is -4.46. The Bertz CT molecular complexity index is 1430. The van der Waals surface area contributed by atoms with Gasteiger partial charge >= 0.3 is 0 Å². The molecule has 8 nitrogen and oxygen atoms in total. The van der Waals surface area contributed by atoms with Crippen LogP contribution in [0.1, 0.15) is 45.9 Å². The second-order valence-corrected chi connectivity index (χ2v) is 10.1. The Morgan fingerprint density at radius 3 is 2.36 bits per heavy atom. The monoisotopic (exact) mass is 523 g/mol. The van der Waals surface area contributed by atoms with Gasteiger partial charge < -0.3 is 15.0 Å². The smallest absolute Gasteiger partial charge is 0.262 e. The van der Waals surface area contributed by atoms with Crippen molar-refractivity contribution in [2.45, 2.75) is 39.7 Å². The molecule has 1 fully saturated rings. The van der Waals surface area contributed by atoms with E-state index in [0.29, 0.717) is 24.3 Å².